The maximum atomic E-state index is 12.2. The lowest BCUT2D eigenvalue weighted by molar-refractivity contribution is -0.167. The molecule has 1 saturated carbocycles. The summed E-state index contributed by atoms with van der Waals surface area (Å²) in [5, 5.41) is 1.55. The minimum absolute atomic E-state index is 0.203. The molecule has 4 nitrogen and oxygen atoms in total. The highest BCUT2D eigenvalue weighted by molar-refractivity contribution is 5.66. The average molecular weight is 440 g/mol. The molecule has 4 heteroatoms. The van der Waals surface area contributed by atoms with Crippen molar-refractivity contribution >= 4 is 6.09 Å². The highest BCUT2D eigenvalue weighted by atomic mass is 16.7. The predicted molar refractivity (Wildman–Crippen MR) is 131 cm³/mol. The second-order valence-electron chi connectivity index (χ2n) is 9.45. The summed E-state index contributed by atoms with van der Waals surface area (Å²) in [6.07, 6.45) is 27.3. The van der Waals surface area contributed by atoms with Crippen LogP contribution in [-0.2, 0) is 9.57 Å². The van der Waals surface area contributed by atoms with Crippen molar-refractivity contribution in [1.29, 1.82) is 0 Å². The SMILES string of the molecule is CCCCCCCCCCCCCCCCCCON(C(=O)OCC)C1CCCCC1. The molecule has 0 spiro atoms. The Balaban J connectivity index is 1.90. The fourth-order valence-corrected chi connectivity index (χ4v) is 4.62. The smallest absolute Gasteiger partial charge is 0.434 e. The lowest BCUT2D eigenvalue weighted by Crippen LogP contribution is -2.42. The third kappa shape index (κ3) is 15.6. The summed E-state index contributed by atoms with van der Waals surface area (Å²) < 4.78 is 5.20. The van der Waals surface area contributed by atoms with Gasteiger partial charge in [0.25, 0.3) is 0 Å². The van der Waals surface area contributed by atoms with Gasteiger partial charge in [-0.2, -0.15) is 5.06 Å². The van der Waals surface area contributed by atoms with Crippen LogP contribution in [0.15, 0.2) is 0 Å². The van der Waals surface area contributed by atoms with Gasteiger partial charge in [0.05, 0.1) is 19.3 Å². The summed E-state index contributed by atoms with van der Waals surface area (Å²) in [6.45, 7) is 5.18. The number of rotatable bonds is 20. The van der Waals surface area contributed by atoms with Gasteiger partial charge in [0.1, 0.15) is 0 Å². The number of unbranched alkanes of at least 4 members (excludes halogenated alkanes) is 15. The van der Waals surface area contributed by atoms with Crippen LogP contribution in [-0.4, -0.2) is 30.4 Å². The topological polar surface area (TPSA) is 38.8 Å². The summed E-state index contributed by atoms with van der Waals surface area (Å²) >= 11 is 0. The lowest BCUT2D eigenvalue weighted by atomic mass is 9.95. The van der Waals surface area contributed by atoms with E-state index in [0.29, 0.717) is 13.2 Å². The van der Waals surface area contributed by atoms with Gasteiger partial charge >= 0.3 is 6.09 Å². The first-order chi connectivity index (χ1) is 15.3. The Morgan fingerprint density at radius 3 is 1.58 bits per heavy atom. The third-order valence-electron chi connectivity index (χ3n) is 6.58. The second kappa shape index (κ2) is 21.1. The first kappa shape index (κ1) is 28.3. The van der Waals surface area contributed by atoms with E-state index in [1.54, 1.807) is 5.06 Å². The van der Waals surface area contributed by atoms with Crippen molar-refractivity contribution < 1.29 is 14.4 Å². The van der Waals surface area contributed by atoms with Crippen LogP contribution in [0.1, 0.15) is 149 Å². The average Bonchev–Trinajstić information content (AvgIpc) is 2.79. The first-order valence-electron chi connectivity index (χ1n) is 13.9. The molecule has 0 unspecified atom stereocenters. The molecule has 0 saturated heterocycles. The van der Waals surface area contributed by atoms with Crippen molar-refractivity contribution in [2.45, 2.75) is 155 Å². The number of hydrogen-bond acceptors (Lipinski definition) is 3. The van der Waals surface area contributed by atoms with Crippen molar-refractivity contribution in [3.05, 3.63) is 0 Å². The third-order valence-corrected chi connectivity index (χ3v) is 6.58. The van der Waals surface area contributed by atoms with Crippen molar-refractivity contribution in [3.8, 4) is 0 Å². The number of amides is 1. The molecule has 0 aliphatic heterocycles. The minimum atomic E-state index is -0.300. The molecule has 1 aliphatic rings. The van der Waals surface area contributed by atoms with Gasteiger partial charge in [-0.05, 0) is 26.2 Å². The first-order valence-corrected chi connectivity index (χ1v) is 13.9. The normalized spacial score (nSPS) is 14.6. The Kier molecular flexibility index (Phi) is 19.2. The summed E-state index contributed by atoms with van der Waals surface area (Å²) in [5.41, 5.74) is 0. The molecule has 1 aliphatic carbocycles. The molecule has 1 rings (SSSR count). The van der Waals surface area contributed by atoms with Crippen molar-refractivity contribution in [2.24, 2.45) is 0 Å². The molecule has 0 aromatic carbocycles. The quantitative estimate of drug-likeness (QED) is 0.140. The van der Waals surface area contributed by atoms with Crippen LogP contribution in [0.25, 0.3) is 0 Å². The van der Waals surface area contributed by atoms with Crippen LogP contribution < -0.4 is 0 Å². The number of carbonyl (C=O) groups excluding carboxylic acids is 1. The number of nitrogens with zero attached hydrogens (tertiary/aromatic N) is 1. The van der Waals surface area contributed by atoms with E-state index in [-0.39, 0.29) is 12.1 Å². The van der Waals surface area contributed by atoms with Crippen molar-refractivity contribution in [2.75, 3.05) is 13.2 Å². The monoisotopic (exact) mass is 439 g/mol. The number of carbonyl (C=O) groups is 1. The van der Waals surface area contributed by atoms with Crippen molar-refractivity contribution in [1.82, 2.24) is 5.06 Å². The summed E-state index contributed by atoms with van der Waals surface area (Å²) in [5.74, 6) is 0. The van der Waals surface area contributed by atoms with Crippen LogP contribution in [0, 0.1) is 0 Å². The Hall–Kier alpha value is -0.770. The zero-order valence-electron chi connectivity index (χ0n) is 21.0. The van der Waals surface area contributed by atoms with E-state index in [1.165, 1.54) is 116 Å². The molecule has 1 amide bonds. The fraction of sp³-hybridized carbons (Fsp3) is 0.963. The highest BCUT2D eigenvalue weighted by Crippen LogP contribution is 2.24. The van der Waals surface area contributed by atoms with Gasteiger partial charge < -0.3 is 4.74 Å². The highest BCUT2D eigenvalue weighted by Gasteiger charge is 2.27. The van der Waals surface area contributed by atoms with Gasteiger partial charge in [0.15, 0.2) is 0 Å². The van der Waals surface area contributed by atoms with Gasteiger partial charge in [-0.25, -0.2) is 4.79 Å². The molecule has 1 fully saturated rings. The maximum absolute atomic E-state index is 12.2. The van der Waals surface area contributed by atoms with E-state index >= 15 is 0 Å². The van der Waals surface area contributed by atoms with E-state index in [9.17, 15) is 4.79 Å². The zero-order chi connectivity index (χ0) is 22.4. The molecular weight excluding hydrogens is 386 g/mol. The zero-order valence-corrected chi connectivity index (χ0v) is 21.0. The van der Waals surface area contributed by atoms with Crippen LogP contribution in [0.5, 0.6) is 0 Å². The van der Waals surface area contributed by atoms with E-state index in [2.05, 4.69) is 6.92 Å². The van der Waals surface area contributed by atoms with Gasteiger partial charge in [-0.1, -0.05) is 122 Å². The molecule has 0 atom stereocenters. The number of hydroxylamine groups is 2. The van der Waals surface area contributed by atoms with Crippen LogP contribution >= 0.6 is 0 Å². The van der Waals surface area contributed by atoms with E-state index in [0.717, 1.165) is 19.3 Å². The molecule has 184 valence electrons. The Labute approximate surface area is 193 Å². The minimum Gasteiger partial charge on any atom is -0.448 e. The second-order valence-corrected chi connectivity index (χ2v) is 9.45. The number of hydrogen-bond donors (Lipinski definition) is 0. The lowest BCUT2D eigenvalue weighted by Gasteiger charge is -2.32. The standard InChI is InChI=1S/C27H53NO3/c1-3-5-6-7-8-9-10-11-12-13-14-15-16-17-18-22-25-31-28(27(29)30-4-2)26-23-20-19-21-24-26/h26H,3-25H2,1-2H3. The largest absolute Gasteiger partial charge is 0.448 e. The summed E-state index contributed by atoms with van der Waals surface area (Å²) in [6, 6.07) is 0.203. The molecule has 0 N–H and O–H groups in total. The molecular formula is C27H53NO3. The van der Waals surface area contributed by atoms with Crippen molar-refractivity contribution in [3.63, 3.8) is 0 Å². The van der Waals surface area contributed by atoms with E-state index in [4.69, 9.17) is 9.57 Å². The Morgan fingerprint density at radius 2 is 1.13 bits per heavy atom. The maximum Gasteiger partial charge on any atom is 0.434 e. The van der Waals surface area contributed by atoms with E-state index in [1.807, 2.05) is 6.92 Å². The molecule has 0 radical (unpaired) electrons. The van der Waals surface area contributed by atoms with Gasteiger partial charge in [-0.3, -0.25) is 4.84 Å². The predicted octanol–water partition coefficient (Wildman–Crippen LogP) is 8.97. The Bertz CT molecular complexity index is 396. The summed E-state index contributed by atoms with van der Waals surface area (Å²) in [4.78, 5) is 18.1. The molecule has 31 heavy (non-hydrogen) atoms. The van der Waals surface area contributed by atoms with Crippen LogP contribution in [0.4, 0.5) is 4.79 Å². The van der Waals surface area contributed by atoms with Gasteiger partial charge in [-0.15, -0.1) is 0 Å². The number of ether oxygens (including phenoxy) is 1. The van der Waals surface area contributed by atoms with Gasteiger partial charge in [0.2, 0.25) is 0 Å². The molecule has 0 aromatic rings. The van der Waals surface area contributed by atoms with Crippen LogP contribution in [0.3, 0.4) is 0 Å². The molecule has 0 aromatic heterocycles. The van der Waals surface area contributed by atoms with Crippen LogP contribution in [0.2, 0.25) is 0 Å². The molecule has 0 heterocycles. The van der Waals surface area contributed by atoms with E-state index < -0.39 is 0 Å². The Morgan fingerprint density at radius 1 is 0.677 bits per heavy atom. The van der Waals surface area contributed by atoms with Gasteiger partial charge in [0, 0.05) is 0 Å². The summed E-state index contributed by atoms with van der Waals surface area (Å²) in [7, 11) is 0. The fourth-order valence-electron chi connectivity index (χ4n) is 4.62. The molecule has 0 bridgehead atoms.